The number of hydrogen-bond donors (Lipinski definition) is 0. The van der Waals surface area contributed by atoms with E-state index in [2.05, 4.69) is 61.8 Å². The quantitative estimate of drug-likeness (QED) is 0.749. The second kappa shape index (κ2) is 7.98. The Hall–Kier alpha value is -1.06. The summed E-state index contributed by atoms with van der Waals surface area (Å²) in [7, 11) is 0. The molecule has 1 saturated heterocycles. The van der Waals surface area contributed by atoms with E-state index in [1.807, 2.05) is 0 Å². The van der Waals surface area contributed by atoms with Crippen LogP contribution in [0.25, 0.3) is 0 Å². The molecular formula is C19H32N2O. The van der Waals surface area contributed by atoms with Crippen LogP contribution >= 0.6 is 0 Å². The van der Waals surface area contributed by atoms with Crippen LogP contribution < -0.4 is 4.90 Å². The maximum atomic E-state index is 5.45. The van der Waals surface area contributed by atoms with Crippen LogP contribution in [0.2, 0.25) is 0 Å². The van der Waals surface area contributed by atoms with Crippen molar-refractivity contribution in [2.75, 3.05) is 50.8 Å². The van der Waals surface area contributed by atoms with Crippen LogP contribution in [-0.4, -0.2) is 50.8 Å². The van der Waals surface area contributed by atoms with E-state index in [9.17, 15) is 0 Å². The summed E-state index contributed by atoms with van der Waals surface area (Å²) in [5, 5.41) is 0. The highest BCUT2D eigenvalue weighted by Gasteiger charge is 2.17. The fourth-order valence-electron chi connectivity index (χ4n) is 3.00. The van der Waals surface area contributed by atoms with E-state index in [1.54, 1.807) is 0 Å². The van der Waals surface area contributed by atoms with Gasteiger partial charge < -0.3 is 9.64 Å². The van der Waals surface area contributed by atoms with Crippen molar-refractivity contribution in [3.63, 3.8) is 0 Å². The minimum atomic E-state index is 0.355. The molecule has 0 unspecified atom stereocenters. The molecule has 1 aliphatic heterocycles. The van der Waals surface area contributed by atoms with E-state index in [0.717, 1.165) is 52.4 Å². The summed E-state index contributed by atoms with van der Waals surface area (Å²) in [6.45, 7) is 16.2. The van der Waals surface area contributed by atoms with Crippen LogP contribution in [0.4, 0.5) is 5.69 Å². The van der Waals surface area contributed by atoms with Gasteiger partial charge in [0.15, 0.2) is 0 Å². The molecule has 3 heteroatoms. The third-order valence-corrected chi connectivity index (χ3v) is 4.16. The van der Waals surface area contributed by atoms with Crippen LogP contribution in [0, 0.1) is 5.41 Å². The Labute approximate surface area is 136 Å². The van der Waals surface area contributed by atoms with E-state index in [-0.39, 0.29) is 0 Å². The minimum absolute atomic E-state index is 0.355. The zero-order valence-corrected chi connectivity index (χ0v) is 14.8. The number of benzene rings is 1. The first-order chi connectivity index (χ1) is 10.5. The Balaban J connectivity index is 1.81. The molecule has 1 aromatic rings. The van der Waals surface area contributed by atoms with E-state index >= 15 is 0 Å². The SMILES string of the molecule is CCOCCN1CCN(c2ccc(CC(C)(C)C)cc2)CC1. The monoisotopic (exact) mass is 304 g/mol. The van der Waals surface area contributed by atoms with Crippen LogP contribution in [-0.2, 0) is 11.2 Å². The van der Waals surface area contributed by atoms with Crippen LogP contribution in [0.1, 0.15) is 33.3 Å². The van der Waals surface area contributed by atoms with Crippen molar-refractivity contribution in [3.8, 4) is 0 Å². The third-order valence-electron chi connectivity index (χ3n) is 4.16. The van der Waals surface area contributed by atoms with Gasteiger partial charge in [-0.3, -0.25) is 4.90 Å². The molecule has 1 aliphatic rings. The Bertz CT molecular complexity index is 428. The lowest BCUT2D eigenvalue weighted by molar-refractivity contribution is 0.111. The fraction of sp³-hybridized carbons (Fsp3) is 0.684. The number of piperazine rings is 1. The standard InChI is InChI=1S/C19H32N2O/c1-5-22-15-14-20-10-12-21(13-11-20)18-8-6-17(7-9-18)16-19(2,3)4/h6-9H,5,10-16H2,1-4H3. The molecule has 1 fully saturated rings. The molecule has 0 aromatic heterocycles. The predicted octanol–water partition coefficient (Wildman–Crippen LogP) is 3.43. The maximum absolute atomic E-state index is 5.45. The summed E-state index contributed by atoms with van der Waals surface area (Å²) in [6, 6.07) is 9.16. The molecule has 0 saturated carbocycles. The zero-order chi connectivity index (χ0) is 16.0. The fourth-order valence-corrected chi connectivity index (χ4v) is 3.00. The summed E-state index contributed by atoms with van der Waals surface area (Å²) in [5.74, 6) is 0. The van der Waals surface area contributed by atoms with Gasteiger partial charge >= 0.3 is 0 Å². The average Bonchev–Trinajstić information content (AvgIpc) is 2.48. The topological polar surface area (TPSA) is 15.7 Å². The Morgan fingerprint density at radius 3 is 2.18 bits per heavy atom. The van der Waals surface area contributed by atoms with Gasteiger partial charge in [0, 0.05) is 45.0 Å². The number of rotatable bonds is 6. The lowest BCUT2D eigenvalue weighted by Crippen LogP contribution is -2.47. The first kappa shape index (κ1) is 17.3. The second-order valence-electron chi connectivity index (χ2n) is 7.43. The molecule has 22 heavy (non-hydrogen) atoms. The third kappa shape index (κ3) is 5.62. The molecule has 1 heterocycles. The number of ether oxygens (including phenoxy) is 1. The molecule has 0 spiro atoms. The van der Waals surface area contributed by atoms with Gasteiger partial charge in [-0.05, 0) is 36.5 Å². The number of hydrogen-bond acceptors (Lipinski definition) is 3. The summed E-state index contributed by atoms with van der Waals surface area (Å²) in [4.78, 5) is 5.00. The van der Waals surface area contributed by atoms with Crippen LogP contribution in [0.3, 0.4) is 0 Å². The van der Waals surface area contributed by atoms with Crippen LogP contribution in [0.5, 0.6) is 0 Å². The van der Waals surface area contributed by atoms with Gasteiger partial charge in [-0.25, -0.2) is 0 Å². The molecule has 0 radical (unpaired) electrons. The Kier molecular flexibility index (Phi) is 6.27. The van der Waals surface area contributed by atoms with Crippen molar-refractivity contribution < 1.29 is 4.74 Å². The number of anilines is 1. The Morgan fingerprint density at radius 1 is 1.00 bits per heavy atom. The molecule has 1 aromatic carbocycles. The van der Waals surface area contributed by atoms with E-state index in [0.29, 0.717) is 5.41 Å². The molecular weight excluding hydrogens is 272 g/mol. The van der Waals surface area contributed by atoms with E-state index in [1.165, 1.54) is 11.3 Å². The van der Waals surface area contributed by atoms with Crippen LogP contribution in [0.15, 0.2) is 24.3 Å². The zero-order valence-electron chi connectivity index (χ0n) is 14.8. The first-order valence-corrected chi connectivity index (χ1v) is 8.62. The average molecular weight is 304 g/mol. The van der Waals surface area contributed by atoms with Crippen molar-refractivity contribution in [1.82, 2.24) is 4.90 Å². The van der Waals surface area contributed by atoms with Crippen molar-refractivity contribution in [2.45, 2.75) is 34.1 Å². The molecule has 2 rings (SSSR count). The maximum Gasteiger partial charge on any atom is 0.0593 e. The molecule has 0 amide bonds. The largest absolute Gasteiger partial charge is 0.380 e. The van der Waals surface area contributed by atoms with Crippen molar-refractivity contribution in [1.29, 1.82) is 0 Å². The van der Waals surface area contributed by atoms with Crippen molar-refractivity contribution >= 4 is 5.69 Å². The summed E-state index contributed by atoms with van der Waals surface area (Å²) >= 11 is 0. The molecule has 0 atom stereocenters. The van der Waals surface area contributed by atoms with Gasteiger partial charge in [0.25, 0.3) is 0 Å². The van der Waals surface area contributed by atoms with Gasteiger partial charge in [0.2, 0.25) is 0 Å². The predicted molar refractivity (Wildman–Crippen MR) is 94.7 cm³/mol. The molecule has 124 valence electrons. The van der Waals surface area contributed by atoms with Gasteiger partial charge in [-0.15, -0.1) is 0 Å². The highest BCUT2D eigenvalue weighted by molar-refractivity contribution is 5.48. The van der Waals surface area contributed by atoms with E-state index in [4.69, 9.17) is 4.74 Å². The van der Waals surface area contributed by atoms with E-state index < -0.39 is 0 Å². The normalized spacial score (nSPS) is 17.0. The van der Waals surface area contributed by atoms with Crippen molar-refractivity contribution in [3.05, 3.63) is 29.8 Å². The van der Waals surface area contributed by atoms with Crippen molar-refractivity contribution in [2.24, 2.45) is 5.41 Å². The lowest BCUT2D eigenvalue weighted by atomic mass is 9.88. The molecule has 0 bridgehead atoms. The summed E-state index contributed by atoms with van der Waals surface area (Å²) in [5.41, 5.74) is 3.15. The summed E-state index contributed by atoms with van der Waals surface area (Å²) < 4.78 is 5.45. The van der Waals surface area contributed by atoms with Gasteiger partial charge in [0.1, 0.15) is 0 Å². The highest BCUT2D eigenvalue weighted by Crippen LogP contribution is 2.23. The van der Waals surface area contributed by atoms with Gasteiger partial charge in [-0.2, -0.15) is 0 Å². The molecule has 3 nitrogen and oxygen atoms in total. The molecule has 0 aliphatic carbocycles. The lowest BCUT2D eigenvalue weighted by Gasteiger charge is -2.36. The first-order valence-electron chi connectivity index (χ1n) is 8.62. The molecule has 0 N–H and O–H groups in total. The highest BCUT2D eigenvalue weighted by atomic mass is 16.5. The minimum Gasteiger partial charge on any atom is -0.380 e. The number of nitrogens with zero attached hydrogens (tertiary/aromatic N) is 2. The summed E-state index contributed by atoms with van der Waals surface area (Å²) in [6.07, 6.45) is 1.14. The smallest absolute Gasteiger partial charge is 0.0593 e. The Morgan fingerprint density at radius 2 is 1.64 bits per heavy atom. The van der Waals surface area contributed by atoms with Gasteiger partial charge in [-0.1, -0.05) is 32.9 Å². The van der Waals surface area contributed by atoms with Gasteiger partial charge in [0.05, 0.1) is 6.61 Å². The second-order valence-corrected chi connectivity index (χ2v) is 7.43.